The highest BCUT2D eigenvalue weighted by Crippen LogP contribution is 2.37. The van der Waals surface area contributed by atoms with Crippen molar-refractivity contribution in [3.63, 3.8) is 0 Å². The summed E-state index contributed by atoms with van der Waals surface area (Å²) in [6.45, 7) is 10.9. The maximum absolute atomic E-state index is 10.9. The Bertz CT molecular complexity index is 314. The van der Waals surface area contributed by atoms with Crippen molar-refractivity contribution >= 4 is 14.3 Å². The second-order valence-corrected chi connectivity index (χ2v) is 10.4. The Balaban J connectivity index is 2.59. The maximum atomic E-state index is 10.9. The van der Waals surface area contributed by atoms with Crippen LogP contribution in [0.3, 0.4) is 0 Å². The van der Waals surface area contributed by atoms with Gasteiger partial charge in [0.2, 0.25) is 6.29 Å². The lowest BCUT2D eigenvalue weighted by Crippen LogP contribution is -2.41. The fourth-order valence-corrected chi connectivity index (χ4v) is 2.00. The van der Waals surface area contributed by atoms with Crippen molar-refractivity contribution in [2.75, 3.05) is 6.61 Å². The Labute approximate surface area is 97.4 Å². The van der Waals surface area contributed by atoms with Crippen LogP contribution in [0.25, 0.3) is 0 Å². The quantitative estimate of drug-likeness (QED) is 0.607. The molecule has 0 amide bonds. The number of hydrogen-bond acceptors (Lipinski definition) is 4. The van der Waals surface area contributed by atoms with E-state index in [1.807, 2.05) is 0 Å². The Morgan fingerprint density at radius 1 is 1.50 bits per heavy atom. The molecule has 0 aromatic rings. The molecule has 0 aromatic heterocycles. The molecule has 0 radical (unpaired) electrons. The van der Waals surface area contributed by atoms with Gasteiger partial charge in [-0.05, 0) is 18.1 Å². The number of carbonyl (C=O) groups excluding carboxylic acids is 1. The summed E-state index contributed by atoms with van der Waals surface area (Å²) < 4.78 is 10.5. The lowest BCUT2D eigenvalue weighted by Gasteiger charge is -2.36. The number of carbonyl (C=O) groups is 1. The molecule has 16 heavy (non-hydrogen) atoms. The van der Waals surface area contributed by atoms with Crippen molar-refractivity contribution in [1.82, 2.24) is 0 Å². The minimum Gasteiger partial charge on any atom is -0.429 e. The number of aliphatic hydroxyl groups excluding tert-OH is 1. The van der Waals surface area contributed by atoms with Gasteiger partial charge in [-0.25, -0.2) is 4.79 Å². The smallest absolute Gasteiger partial charge is 0.333 e. The Hall–Kier alpha value is -0.653. The summed E-state index contributed by atoms with van der Waals surface area (Å²) in [4.78, 5) is 10.9. The van der Waals surface area contributed by atoms with Crippen LogP contribution in [0.15, 0.2) is 11.6 Å². The van der Waals surface area contributed by atoms with E-state index in [0.29, 0.717) is 5.57 Å². The SMILES string of the molecule is CC(C)(C)[Si](C)(C)OCC1=CC(=O)OC1O. The second kappa shape index (κ2) is 4.31. The first-order valence-corrected chi connectivity index (χ1v) is 8.27. The van der Waals surface area contributed by atoms with Gasteiger partial charge in [-0.15, -0.1) is 0 Å². The van der Waals surface area contributed by atoms with Gasteiger partial charge in [-0.3, -0.25) is 0 Å². The zero-order valence-electron chi connectivity index (χ0n) is 10.5. The third-order valence-electron chi connectivity index (χ3n) is 3.25. The van der Waals surface area contributed by atoms with E-state index in [1.54, 1.807) is 0 Å². The van der Waals surface area contributed by atoms with Crippen LogP contribution in [0.2, 0.25) is 18.1 Å². The van der Waals surface area contributed by atoms with Crippen molar-refractivity contribution in [3.8, 4) is 0 Å². The van der Waals surface area contributed by atoms with Gasteiger partial charge in [-0.1, -0.05) is 20.8 Å². The normalized spacial score (nSPS) is 22.0. The molecule has 0 spiro atoms. The van der Waals surface area contributed by atoms with Crippen LogP contribution >= 0.6 is 0 Å². The number of cyclic esters (lactones) is 1. The van der Waals surface area contributed by atoms with Gasteiger partial charge in [0, 0.05) is 11.6 Å². The van der Waals surface area contributed by atoms with Crippen LogP contribution in [0, 0.1) is 0 Å². The molecule has 0 aromatic carbocycles. The van der Waals surface area contributed by atoms with Gasteiger partial charge in [0.1, 0.15) is 0 Å². The van der Waals surface area contributed by atoms with Crippen molar-refractivity contribution in [1.29, 1.82) is 0 Å². The average Bonchev–Trinajstić information content (AvgIpc) is 2.39. The summed E-state index contributed by atoms with van der Waals surface area (Å²) >= 11 is 0. The molecule has 1 rings (SSSR count). The Kier molecular flexibility index (Phi) is 3.61. The summed E-state index contributed by atoms with van der Waals surface area (Å²) in [5, 5.41) is 9.50. The molecule has 1 heterocycles. The number of aliphatic hydroxyl groups is 1. The third kappa shape index (κ3) is 2.93. The monoisotopic (exact) mass is 244 g/mol. The number of hydrogen-bond donors (Lipinski definition) is 1. The average molecular weight is 244 g/mol. The molecule has 1 N–H and O–H groups in total. The van der Waals surface area contributed by atoms with Crippen LogP contribution in [0.1, 0.15) is 20.8 Å². The highest BCUT2D eigenvalue weighted by molar-refractivity contribution is 6.74. The molecule has 0 fully saturated rings. The second-order valence-electron chi connectivity index (χ2n) is 5.56. The van der Waals surface area contributed by atoms with E-state index in [1.165, 1.54) is 6.08 Å². The first kappa shape index (κ1) is 13.4. The first-order valence-electron chi connectivity index (χ1n) is 5.36. The minimum atomic E-state index is -1.84. The van der Waals surface area contributed by atoms with E-state index >= 15 is 0 Å². The molecule has 92 valence electrons. The van der Waals surface area contributed by atoms with Crippen LogP contribution in [-0.4, -0.2) is 32.3 Å². The lowest BCUT2D eigenvalue weighted by molar-refractivity contribution is -0.151. The van der Waals surface area contributed by atoms with Gasteiger partial charge in [0.15, 0.2) is 8.32 Å². The van der Waals surface area contributed by atoms with E-state index in [2.05, 4.69) is 38.6 Å². The lowest BCUT2D eigenvalue weighted by atomic mass is 10.2. The molecule has 0 saturated carbocycles. The van der Waals surface area contributed by atoms with Crippen LogP contribution in [0.4, 0.5) is 0 Å². The zero-order chi connectivity index (χ0) is 12.6. The summed E-state index contributed by atoms with van der Waals surface area (Å²) in [6.07, 6.45) is 0.176. The zero-order valence-corrected chi connectivity index (χ0v) is 11.5. The van der Waals surface area contributed by atoms with E-state index in [-0.39, 0.29) is 11.6 Å². The van der Waals surface area contributed by atoms with E-state index in [4.69, 9.17) is 4.43 Å². The van der Waals surface area contributed by atoms with E-state index < -0.39 is 20.6 Å². The van der Waals surface area contributed by atoms with E-state index in [0.717, 1.165) is 0 Å². The highest BCUT2D eigenvalue weighted by atomic mass is 28.4. The van der Waals surface area contributed by atoms with Crippen LogP contribution in [0.5, 0.6) is 0 Å². The molecule has 0 aliphatic carbocycles. The molecule has 0 saturated heterocycles. The number of esters is 1. The standard InChI is InChI=1S/C11H20O4Si/c1-11(2,3)16(4,5)14-7-8-6-9(12)15-10(8)13/h6,10,13H,7H2,1-5H3. The summed E-state index contributed by atoms with van der Waals surface area (Å²) in [7, 11) is -1.84. The molecule has 1 atom stereocenters. The summed E-state index contributed by atoms with van der Waals surface area (Å²) in [6, 6.07) is 0. The maximum Gasteiger partial charge on any atom is 0.333 e. The van der Waals surface area contributed by atoms with Gasteiger partial charge in [-0.2, -0.15) is 0 Å². The molecule has 0 bridgehead atoms. The largest absolute Gasteiger partial charge is 0.429 e. The van der Waals surface area contributed by atoms with Crippen molar-refractivity contribution in [2.45, 2.75) is 45.2 Å². The molecule has 1 aliphatic rings. The molecule has 1 unspecified atom stereocenters. The topological polar surface area (TPSA) is 55.8 Å². The van der Waals surface area contributed by atoms with E-state index in [9.17, 15) is 9.90 Å². The molecule has 1 aliphatic heterocycles. The fourth-order valence-electron chi connectivity index (χ4n) is 1.04. The first-order chi connectivity index (χ1) is 7.13. The van der Waals surface area contributed by atoms with Crippen molar-refractivity contribution in [2.24, 2.45) is 0 Å². The van der Waals surface area contributed by atoms with Crippen LogP contribution < -0.4 is 0 Å². The van der Waals surface area contributed by atoms with Gasteiger partial charge in [0.05, 0.1) is 6.61 Å². The molecule has 5 heteroatoms. The number of ether oxygens (including phenoxy) is 1. The predicted octanol–water partition coefficient (Wildman–Crippen LogP) is 1.81. The van der Waals surface area contributed by atoms with Gasteiger partial charge < -0.3 is 14.3 Å². The summed E-state index contributed by atoms with van der Waals surface area (Å²) in [5.74, 6) is -0.499. The Morgan fingerprint density at radius 2 is 2.06 bits per heavy atom. The molecular formula is C11H20O4Si. The number of rotatable bonds is 3. The van der Waals surface area contributed by atoms with Crippen LogP contribution in [-0.2, 0) is 14.0 Å². The minimum absolute atomic E-state index is 0.113. The molecule has 4 nitrogen and oxygen atoms in total. The summed E-state index contributed by atoms with van der Waals surface area (Å²) in [5.41, 5.74) is 0.509. The Morgan fingerprint density at radius 3 is 2.44 bits per heavy atom. The van der Waals surface area contributed by atoms with Crippen molar-refractivity contribution in [3.05, 3.63) is 11.6 Å². The third-order valence-corrected chi connectivity index (χ3v) is 7.73. The van der Waals surface area contributed by atoms with Gasteiger partial charge >= 0.3 is 5.97 Å². The molecular weight excluding hydrogens is 224 g/mol. The predicted molar refractivity (Wildman–Crippen MR) is 63.3 cm³/mol. The fraction of sp³-hybridized carbons (Fsp3) is 0.727. The van der Waals surface area contributed by atoms with Gasteiger partial charge in [0.25, 0.3) is 0 Å². The van der Waals surface area contributed by atoms with Crippen molar-refractivity contribution < 1.29 is 19.1 Å². The highest BCUT2D eigenvalue weighted by Gasteiger charge is 2.38.